The Balaban J connectivity index is 1.40. The Hall–Kier alpha value is -3.04. The minimum absolute atomic E-state index is 0.382. The zero-order valence-electron chi connectivity index (χ0n) is 18.6. The number of nitrogens with zero attached hydrogens (tertiary/aromatic N) is 3. The summed E-state index contributed by atoms with van der Waals surface area (Å²) in [7, 11) is 1.96. The molecule has 3 heterocycles. The highest BCUT2D eigenvalue weighted by molar-refractivity contribution is 7.15. The van der Waals surface area contributed by atoms with E-state index in [1.807, 2.05) is 7.05 Å². The number of ether oxygens (including phenoxy) is 1. The molecule has 0 unspecified atom stereocenters. The summed E-state index contributed by atoms with van der Waals surface area (Å²) in [6.07, 6.45) is 1.41. The first-order valence-electron chi connectivity index (χ1n) is 11.2. The van der Waals surface area contributed by atoms with E-state index in [0.29, 0.717) is 5.82 Å². The molecule has 0 spiro atoms. The van der Waals surface area contributed by atoms with Gasteiger partial charge in [0.1, 0.15) is 6.17 Å². The molecule has 2 aromatic carbocycles. The number of hydrogen-bond acceptors (Lipinski definition) is 8. The molecule has 4 aromatic rings. The number of anilines is 2. The maximum atomic E-state index is 6.58. The van der Waals surface area contributed by atoms with Gasteiger partial charge in [-0.2, -0.15) is 5.10 Å². The molecule has 7 nitrogen and oxygen atoms in total. The fourth-order valence-electron chi connectivity index (χ4n) is 4.18. The van der Waals surface area contributed by atoms with E-state index in [4.69, 9.17) is 10.5 Å². The van der Waals surface area contributed by atoms with Crippen LogP contribution in [0.3, 0.4) is 0 Å². The van der Waals surface area contributed by atoms with Gasteiger partial charge in [0.05, 0.1) is 19.4 Å². The van der Waals surface area contributed by atoms with Crippen LogP contribution in [0.4, 0.5) is 11.5 Å². The van der Waals surface area contributed by atoms with Crippen molar-refractivity contribution in [2.24, 2.45) is 5.73 Å². The lowest BCUT2D eigenvalue weighted by Gasteiger charge is -2.29. The van der Waals surface area contributed by atoms with Crippen molar-refractivity contribution in [3.8, 4) is 10.4 Å². The van der Waals surface area contributed by atoms with Gasteiger partial charge in [0.15, 0.2) is 5.82 Å². The molecule has 1 saturated heterocycles. The van der Waals surface area contributed by atoms with Crippen molar-refractivity contribution in [2.75, 3.05) is 43.6 Å². The van der Waals surface area contributed by atoms with Crippen molar-refractivity contribution in [1.29, 1.82) is 0 Å². The van der Waals surface area contributed by atoms with E-state index in [2.05, 4.69) is 80.3 Å². The normalized spacial score (nSPS) is 15.0. The van der Waals surface area contributed by atoms with Crippen molar-refractivity contribution < 1.29 is 4.74 Å². The zero-order chi connectivity index (χ0) is 22.6. The molecule has 170 valence electrons. The quantitative estimate of drug-likeness (QED) is 0.360. The topological polar surface area (TPSA) is 88.3 Å². The van der Waals surface area contributed by atoms with Crippen LogP contribution < -0.4 is 21.3 Å². The lowest BCUT2D eigenvalue weighted by Crippen LogP contribution is -2.36. The van der Waals surface area contributed by atoms with Crippen LogP contribution in [-0.2, 0) is 11.3 Å². The number of morpholine rings is 1. The smallest absolute Gasteiger partial charge is 0.158 e. The fraction of sp³-hybridized carbons (Fsp3) is 0.280. The number of fused-ring (bicyclic) bond motifs is 1. The van der Waals surface area contributed by atoms with E-state index >= 15 is 0 Å². The molecule has 1 fully saturated rings. The van der Waals surface area contributed by atoms with Crippen LogP contribution >= 0.6 is 11.3 Å². The average molecular weight is 461 g/mol. The fourth-order valence-corrected chi connectivity index (χ4v) is 5.20. The Labute approximate surface area is 197 Å². The van der Waals surface area contributed by atoms with Crippen LogP contribution in [0.15, 0.2) is 60.8 Å². The molecular formula is C25H28N6OS. The van der Waals surface area contributed by atoms with Crippen LogP contribution in [0.25, 0.3) is 21.2 Å². The summed E-state index contributed by atoms with van der Waals surface area (Å²) in [4.78, 5) is 4.58. The molecule has 0 aliphatic carbocycles. The third-order valence-electron chi connectivity index (χ3n) is 5.90. The van der Waals surface area contributed by atoms with Crippen LogP contribution in [0.2, 0.25) is 0 Å². The molecule has 5 rings (SSSR count). The van der Waals surface area contributed by atoms with E-state index in [-0.39, 0.29) is 6.17 Å². The van der Waals surface area contributed by atoms with Crippen molar-refractivity contribution in [2.45, 2.75) is 12.7 Å². The summed E-state index contributed by atoms with van der Waals surface area (Å²) in [5.41, 5.74) is 10.2. The van der Waals surface area contributed by atoms with Crippen LogP contribution in [0.1, 0.15) is 16.6 Å². The van der Waals surface area contributed by atoms with Crippen LogP contribution in [0.5, 0.6) is 0 Å². The second-order valence-corrected chi connectivity index (χ2v) is 9.19. The van der Waals surface area contributed by atoms with Gasteiger partial charge < -0.3 is 26.0 Å². The van der Waals surface area contributed by atoms with Gasteiger partial charge >= 0.3 is 0 Å². The minimum Gasteiger partial charge on any atom is -0.378 e. The van der Waals surface area contributed by atoms with Crippen molar-refractivity contribution in [1.82, 2.24) is 15.5 Å². The number of rotatable bonds is 7. The largest absolute Gasteiger partial charge is 0.378 e. The van der Waals surface area contributed by atoms with E-state index in [1.165, 1.54) is 16.0 Å². The molecular weight excluding hydrogens is 432 g/mol. The molecule has 8 heteroatoms. The monoisotopic (exact) mass is 460 g/mol. The van der Waals surface area contributed by atoms with Crippen molar-refractivity contribution in [3.05, 3.63) is 71.2 Å². The summed E-state index contributed by atoms with van der Waals surface area (Å²) in [5, 5.41) is 17.2. The van der Waals surface area contributed by atoms with Crippen LogP contribution in [-0.4, -0.2) is 43.5 Å². The first-order valence-corrected chi connectivity index (χ1v) is 12.0. The molecule has 1 atom stereocenters. The third-order valence-corrected chi connectivity index (χ3v) is 7.10. The minimum atomic E-state index is -0.382. The molecule has 0 radical (unpaired) electrons. The van der Waals surface area contributed by atoms with Gasteiger partial charge in [-0.15, -0.1) is 16.4 Å². The number of thiophene rings is 1. The maximum Gasteiger partial charge on any atom is 0.158 e. The van der Waals surface area contributed by atoms with Gasteiger partial charge in [0, 0.05) is 45.8 Å². The van der Waals surface area contributed by atoms with Gasteiger partial charge in [-0.25, -0.2) is 0 Å². The Kier molecular flexibility index (Phi) is 6.50. The standard InChI is InChI=1S/C25H28N6OS/c1-27-15-17-4-2-3-5-20(17)22-8-9-23(33-22)24(26)29-25-21-14-19(31-10-12-32-13-11-31)7-6-18(21)16-28-30-25/h2-9,14,16,24,27H,10-13,15,26H2,1H3,(H,29,30)/t24-/m0/s1. The van der Waals surface area contributed by atoms with Gasteiger partial charge in [0.2, 0.25) is 0 Å². The van der Waals surface area contributed by atoms with E-state index in [1.54, 1.807) is 17.5 Å². The molecule has 0 amide bonds. The maximum absolute atomic E-state index is 6.58. The highest BCUT2D eigenvalue weighted by Gasteiger charge is 2.16. The van der Waals surface area contributed by atoms with Gasteiger partial charge in [-0.1, -0.05) is 30.3 Å². The van der Waals surface area contributed by atoms with E-state index in [9.17, 15) is 0 Å². The highest BCUT2D eigenvalue weighted by Crippen LogP contribution is 2.34. The Morgan fingerprint density at radius 3 is 2.82 bits per heavy atom. The lowest BCUT2D eigenvalue weighted by atomic mass is 10.1. The number of nitrogens with one attached hydrogen (secondary N) is 2. The number of nitrogens with two attached hydrogens (primary N) is 1. The average Bonchev–Trinajstić information content (AvgIpc) is 3.35. The predicted octanol–water partition coefficient (Wildman–Crippen LogP) is 3.98. The zero-order valence-corrected chi connectivity index (χ0v) is 19.4. The molecule has 2 aromatic heterocycles. The van der Waals surface area contributed by atoms with E-state index in [0.717, 1.165) is 54.2 Å². The van der Waals surface area contributed by atoms with Gasteiger partial charge in [-0.3, -0.25) is 0 Å². The van der Waals surface area contributed by atoms with Crippen molar-refractivity contribution in [3.63, 3.8) is 0 Å². The number of aromatic nitrogens is 2. The predicted molar refractivity (Wildman–Crippen MR) is 136 cm³/mol. The summed E-state index contributed by atoms with van der Waals surface area (Å²) in [5.74, 6) is 0.695. The number of benzene rings is 2. The van der Waals surface area contributed by atoms with Gasteiger partial charge in [0.25, 0.3) is 0 Å². The Morgan fingerprint density at radius 2 is 1.97 bits per heavy atom. The van der Waals surface area contributed by atoms with Gasteiger partial charge in [-0.05, 0) is 42.4 Å². The molecule has 1 aliphatic rings. The van der Waals surface area contributed by atoms with Crippen molar-refractivity contribution >= 4 is 33.6 Å². The van der Waals surface area contributed by atoms with Crippen LogP contribution in [0, 0.1) is 0 Å². The number of hydrogen-bond donors (Lipinski definition) is 3. The van der Waals surface area contributed by atoms with E-state index < -0.39 is 0 Å². The molecule has 33 heavy (non-hydrogen) atoms. The second-order valence-electron chi connectivity index (χ2n) is 8.08. The third kappa shape index (κ3) is 4.69. The summed E-state index contributed by atoms with van der Waals surface area (Å²) in [6, 6.07) is 19.1. The first kappa shape index (κ1) is 21.8. The summed E-state index contributed by atoms with van der Waals surface area (Å²) in [6.45, 7) is 4.10. The molecule has 0 bridgehead atoms. The Bertz CT molecular complexity index is 1240. The first-order chi connectivity index (χ1) is 16.2. The molecule has 1 aliphatic heterocycles. The highest BCUT2D eigenvalue weighted by atomic mass is 32.1. The SMILES string of the molecule is CNCc1ccccc1-c1ccc([C@@H](N)Nc2nncc3ccc(N4CCOCC4)cc23)s1. The second kappa shape index (κ2) is 9.84. The molecule has 4 N–H and O–H groups in total. The summed E-state index contributed by atoms with van der Waals surface area (Å²) < 4.78 is 5.49. The lowest BCUT2D eigenvalue weighted by molar-refractivity contribution is 0.122. The molecule has 0 saturated carbocycles. The Morgan fingerprint density at radius 1 is 1.12 bits per heavy atom. The summed E-state index contributed by atoms with van der Waals surface area (Å²) >= 11 is 1.70.